The van der Waals surface area contributed by atoms with Gasteiger partial charge >= 0.3 is 0 Å². The third-order valence-corrected chi connectivity index (χ3v) is 3.87. The average molecular weight is 332 g/mol. The van der Waals surface area contributed by atoms with Crippen LogP contribution in [0.15, 0.2) is 53.0 Å². The lowest BCUT2D eigenvalue weighted by Crippen LogP contribution is -2.26. The van der Waals surface area contributed by atoms with Crippen LogP contribution in [-0.2, 0) is 6.42 Å². The highest BCUT2D eigenvalue weighted by molar-refractivity contribution is 9.10. The topological polar surface area (TPSA) is 29.1 Å². The van der Waals surface area contributed by atoms with E-state index in [4.69, 9.17) is 0 Å². The van der Waals surface area contributed by atoms with Crippen LogP contribution in [0, 0.1) is 0 Å². The molecule has 1 amide bonds. The Morgan fingerprint density at radius 2 is 1.70 bits per heavy atom. The number of benzene rings is 2. The maximum absolute atomic E-state index is 12.1. The van der Waals surface area contributed by atoms with Crippen LogP contribution in [0.4, 0.5) is 0 Å². The zero-order valence-electron chi connectivity index (χ0n) is 11.7. The van der Waals surface area contributed by atoms with E-state index in [9.17, 15) is 4.79 Å². The summed E-state index contributed by atoms with van der Waals surface area (Å²) in [4.78, 5) is 12.1. The van der Waals surface area contributed by atoms with Crippen LogP contribution in [0.25, 0.3) is 0 Å². The average Bonchev–Trinajstić information content (AvgIpc) is 2.48. The van der Waals surface area contributed by atoms with Crippen molar-refractivity contribution in [1.29, 1.82) is 0 Å². The SMILES string of the molecule is CCc1ccc([C@@H](C)NC(=O)c2ccc(Br)cc2)cc1. The molecule has 1 N–H and O–H groups in total. The Hall–Kier alpha value is -1.61. The molecule has 2 nitrogen and oxygen atoms in total. The normalized spacial score (nSPS) is 11.9. The predicted molar refractivity (Wildman–Crippen MR) is 85.8 cm³/mol. The molecular weight excluding hydrogens is 314 g/mol. The van der Waals surface area contributed by atoms with Crippen molar-refractivity contribution >= 4 is 21.8 Å². The minimum absolute atomic E-state index is 0.00273. The van der Waals surface area contributed by atoms with E-state index in [1.165, 1.54) is 5.56 Å². The van der Waals surface area contributed by atoms with Crippen LogP contribution in [0.5, 0.6) is 0 Å². The third kappa shape index (κ3) is 3.70. The maximum atomic E-state index is 12.1. The van der Waals surface area contributed by atoms with E-state index in [1.807, 2.05) is 31.2 Å². The Kier molecular flexibility index (Phi) is 4.96. The number of aryl methyl sites for hydroxylation is 1. The van der Waals surface area contributed by atoms with E-state index >= 15 is 0 Å². The summed E-state index contributed by atoms with van der Waals surface area (Å²) in [7, 11) is 0. The molecule has 0 heterocycles. The highest BCUT2D eigenvalue weighted by Crippen LogP contribution is 2.15. The standard InChI is InChI=1S/C17H18BrNO/c1-3-13-4-6-14(7-5-13)12(2)19-17(20)15-8-10-16(18)11-9-15/h4-12H,3H2,1-2H3,(H,19,20)/t12-/m1/s1. The smallest absolute Gasteiger partial charge is 0.251 e. The van der Waals surface area contributed by atoms with Crippen molar-refractivity contribution in [2.75, 3.05) is 0 Å². The second-order valence-electron chi connectivity index (χ2n) is 4.80. The van der Waals surface area contributed by atoms with Crippen LogP contribution >= 0.6 is 15.9 Å². The monoisotopic (exact) mass is 331 g/mol. The molecule has 0 bridgehead atoms. The fourth-order valence-electron chi connectivity index (χ4n) is 2.01. The summed E-state index contributed by atoms with van der Waals surface area (Å²) in [6.45, 7) is 4.13. The zero-order valence-corrected chi connectivity index (χ0v) is 13.3. The van der Waals surface area contributed by atoms with Gasteiger partial charge in [-0.2, -0.15) is 0 Å². The minimum atomic E-state index is -0.0513. The number of amides is 1. The molecule has 0 radical (unpaired) electrons. The van der Waals surface area contributed by atoms with Gasteiger partial charge in [-0.25, -0.2) is 0 Å². The molecule has 2 aromatic rings. The van der Waals surface area contributed by atoms with Crippen molar-refractivity contribution in [2.45, 2.75) is 26.3 Å². The predicted octanol–water partition coefficient (Wildman–Crippen LogP) is 4.50. The Labute approximate surface area is 128 Å². The van der Waals surface area contributed by atoms with Gasteiger partial charge < -0.3 is 5.32 Å². The molecule has 2 rings (SSSR count). The summed E-state index contributed by atoms with van der Waals surface area (Å²) in [5.41, 5.74) is 3.10. The molecule has 104 valence electrons. The van der Waals surface area contributed by atoms with E-state index in [2.05, 4.69) is 52.4 Å². The van der Waals surface area contributed by atoms with Crippen LogP contribution in [0.2, 0.25) is 0 Å². The Morgan fingerprint density at radius 1 is 1.10 bits per heavy atom. The van der Waals surface area contributed by atoms with Gasteiger partial charge in [0.15, 0.2) is 0 Å². The van der Waals surface area contributed by atoms with Gasteiger partial charge in [-0.1, -0.05) is 47.1 Å². The van der Waals surface area contributed by atoms with E-state index in [1.54, 1.807) is 0 Å². The van der Waals surface area contributed by atoms with Crippen LogP contribution in [-0.4, -0.2) is 5.91 Å². The highest BCUT2D eigenvalue weighted by atomic mass is 79.9. The first kappa shape index (κ1) is 14.8. The molecule has 0 unspecified atom stereocenters. The lowest BCUT2D eigenvalue weighted by molar-refractivity contribution is 0.0940. The Balaban J connectivity index is 2.04. The Bertz CT molecular complexity index is 575. The first-order valence-electron chi connectivity index (χ1n) is 6.75. The van der Waals surface area contributed by atoms with Crippen molar-refractivity contribution < 1.29 is 4.79 Å². The second kappa shape index (κ2) is 6.71. The molecule has 0 saturated heterocycles. The summed E-state index contributed by atoms with van der Waals surface area (Å²) < 4.78 is 0.970. The third-order valence-electron chi connectivity index (χ3n) is 3.34. The Morgan fingerprint density at radius 3 is 2.25 bits per heavy atom. The van der Waals surface area contributed by atoms with Crippen molar-refractivity contribution in [3.8, 4) is 0 Å². The molecule has 3 heteroatoms. The van der Waals surface area contributed by atoms with Gasteiger partial charge in [0.25, 0.3) is 5.91 Å². The molecule has 0 fully saturated rings. The van der Waals surface area contributed by atoms with Crippen LogP contribution in [0.3, 0.4) is 0 Å². The number of hydrogen-bond donors (Lipinski definition) is 1. The van der Waals surface area contributed by atoms with E-state index < -0.39 is 0 Å². The summed E-state index contributed by atoms with van der Waals surface area (Å²) in [5, 5.41) is 3.02. The van der Waals surface area contributed by atoms with Crippen molar-refractivity contribution in [3.63, 3.8) is 0 Å². The molecule has 0 aliphatic heterocycles. The van der Waals surface area contributed by atoms with E-state index in [0.29, 0.717) is 5.56 Å². The van der Waals surface area contributed by atoms with Crippen LogP contribution < -0.4 is 5.32 Å². The minimum Gasteiger partial charge on any atom is -0.346 e. The largest absolute Gasteiger partial charge is 0.346 e. The van der Waals surface area contributed by atoms with Gasteiger partial charge in [-0.3, -0.25) is 4.79 Å². The molecular formula is C17H18BrNO. The summed E-state index contributed by atoms with van der Waals surface area (Å²) >= 11 is 3.36. The molecule has 1 atom stereocenters. The second-order valence-corrected chi connectivity index (χ2v) is 5.71. The van der Waals surface area contributed by atoms with E-state index in [-0.39, 0.29) is 11.9 Å². The van der Waals surface area contributed by atoms with E-state index in [0.717, 1.165) is 16.5 Å². The van der Waals surface area contributed by atoms with Gasteiger partial charge in [0.1, 0.15) is 0 Å². The van der Waals surface area contributed by atoms with Crippen molar-refractivity contribution in [3.05, 3.63) is 69.7 Å². The lowest BCUT2D eigenvalue weighted by atomic mass is 10.0. The summed E-state index contributed by atoms with van der Waals surface area (Å²) in [5.74, 6) is -0.0513. The molecule has 2 aromatic carbocycles. The first-order valence-corrected chi connectivity index (χ1v) is 7.54. The highest BCUT2D eigenvalue weighted by Gasteiger charge is 2.11. The number of rotatable bonds is 4. The quantitative estimate of drug-likeness (QED) is 0.877. The number of halogens is 1. The first-order chi connectivity index (χ1) is 9.60. The fourth-order valence-corrected chi connectivity index (χ4v) is 2.27. The molecule has 0 saturated carbocycles. The van der Waals surface area contributed by atoms with Crippen molar-refractivity contribution in [1.82, 2.24) is 5.32 Å². The fraction of sp³-hybridized carbons (Fsp3) is 0.235. The maximum Gasteiger partial charge on any atom is 0.251 e. The molecule has 0 aliphatic carbocycles. The van der Waals surface area contributed by atoms with Gasteiger partial charge in [0.2, 0.25) is 0 Å². The summed E-state index contributed by atoms with van der Waals surface area (Å²) in [6, 6.07) is 15.7. The van der Waals surface area contributed by atoms with Gasteiger partial charge in [-0.05, 0) is 48.7 Å². The molecule has 20 heavy (non-hydrogen) atoms. The zero-order chi connectivity index (χ0) is 14.5. The summed E-state index contributed by atoms with van der Waals surface area (Å²) in [6.07, 6.45) is 1.03. The number of hydrogen-bond acceptors (Lipinski definition) is 1. The number of carbonyl (C=O) groups is 1. The van der Waals surface area contributed by atoms with Gasteiger partial charge in [0.05, 0.1) is 6.04 Å². The molecule has 0 aliphatic rings. The lowest BCUT2D eigenvalue weighted by Gasteiger charge is -2.15. The van der Waals surface area contributed by atoms with Crippen molar-refractivity contribution in [2.24, 2.45) is 0 Å². The van der Waals surface area contributed by atoms with Gasteiger partial charge in [0, 0.05) is 10.0 Å². The number of nitrogens with one attached hydrogen (secondary N) is 1. The molecule has 0 aromatic heterocycles. The van der Waals surface area contributed by atoms with Crippen LogP contribution in [0.1, 0.15) is 41.4 Å². The van der Waals surface area contributed by atoms with Gasteiger partial charge in [-0.15, -0.1) is 0 Å². The molecule has 0 spiro atoms. The number of carbonyl (C=O) groups excluding carboxylic acids is 1.